The summed E-state index contributed by atoms with van der Waals surface area (Å²) in [4.78, 5) is -0.00651. The quantitative estimate of drug-likeness (QED) is 0.678. The second kappa shape index (κ2) is 5.29. The Hall–Kier alpha value is -2.06. The van der Waals surface area contributed by atoms with Gasteiger partial charge in [-0.05, 0) is 24.3 Å². The first-order chi connectivity index (χ1) is 8.97. The maximum Gasteiger partial charge on any atom is 0.240 e. The normalized spacial score (nSPS) is 11.4. The first kappa shape index (κ1) is 13.4. The summed E-state index contributed by atoms with van der Waals surface area (Å²) in [6.07, 6.45) is 3.50. The summed E-state index contributed by atoms with van der Waals surface area (Å²) in [7, 11) is -3.81. The second-order valence-electron chi connectivity index (χ2n) is 4.00. The zero-order chi connectivity index (χ0) is 13.9. The van der Waals surface area contributed by atoms with E-state index in [1.165, 1.54) is 6.07 Å². The zero-order valence-electron chi connectivity index (χ0n) is 10.2. The van der Waals surface area contributed by atoms with E-state index in [1.54, 1.807) is 23.0 Å². The number of anilines is 2. The van der Waals surface area contributed by atoms with Gasteiger partial charge >= 0.3 is 0 Å². The number of hydrogen-bond acceptors (Lipinski definition) is 5. The molecule has 0 unspecified atom stereocenters. The molecule has 0 bridgehead atoms. The van der Waals surface area contributed by atoms with E-state index in [4.69, 9.17) is 10.9 Å². The lowest BCUT2D eigenvalue weighted by Gasteiger charge is -2.11. The van der Waals surface area contributed by atoms with Gasteiger partial charge < -0.3 is 11.1 Å². The molecule has 0 fully saturated rings. The third kappa shape index (κ3) is 3.46. The van der Waals surface area contributed by atoms with Crippen molar-refractivity contribution < 1.29 is 8.42 Å². The van der Waals surface area contributed by atoms with E-state index in [1.807, 2.05) is 12.3 Å². The zero-order valence-corrected chi connectivity index (χ0v) is 11.0. The molecular formula is C11H15N5O2S. The smallest absolute Gasteiger partial charge is 0.240 e. The largest absolute Gasteiger partial charge is 0.399 e. The summed E-state index contributed by atoms with van der Waals surface area (Å²) < 4.78 is 24.7. The minimum absolute atomic E-state index is 0.00651. The molecule has 1 aromatic heterocycles. The van der Waals surface area contributed by atoms with Crippen molar-refractivity contribution in [1.82, 2.24) is 9.78 Å². The average molecular weight is 281 g/mol. The molecule has 8 heteroatoms. The summed E-state index contributed by atoms with van der Waals surface area (Å²) in [6, 6.07) is 6.37. The molecule has 1 heterocycles. The molecule has 0 saturated heterocycles. The van der Waals surface area contributed by atoms with Crippen molar-refractivity contribution in [1.29, 1.82) is 0 Å². The summed E-state index contributed by atoms with van der Waals surface area (Å²) in [5, 5.41) is 12.2. The molecule has 0 aliphatic carbocycles. The summed E-state index contributed by atoms with van der Waals surface area (Å²) >= 11 is 0. The van der Waals surface area contributed by atoms with Crippen molar-refractivity contribution in [3.05, 3.63) is 36.7 Å². The molecule has 1 aromatic carbocycles. The molecule has 0 aliphatic rings. The number of nitrogens with zero attached hydrogens (tertiary/aromatic N) is 2. The molecule has 7 nitrogen and oxygen atoms in total. The Morgan fingerprint density at radius 2 is 2.16 bits per heavy atom. The highest BCUT2D eigenvalue weighted by molar-refractivity contribution is 7.89. The minimum Gasteiger partial charge on any atom is -0.399 e. The second-order valence-corrected chi connectivity index (χ2v) is 5.53. The van der Waals surface area contributed by atoms with Crippen LogP contribution in [0.15, 0.2) is 41.6 Å². The Morgan fingerprint density at radius 1 is 1.37 bits per heavy atom. The van der Waals surface area contributed by atoms with Gasteiger partial charge in [-0.15, -0.1) is 0 Å². The lowest BCUT2D eigenvalue weighted by Crippen LogP contribution is -2.17. The topological polar surface area (TPSA) is 116 Å². The molecule has 0 spiro atoms. The standard InChI is InChI=1S/C11H15N5O2S/c12-9-2-3-10(11(8-9)19(13,17)18)14-5-7-16-6-1-4-15-16/h1-4,6,8,14H,5,7,12H2,(H2,13,17,18). The van der Waals surface area contributed by atoms with Crippen LogP contribution in [0, 0.1) is 0 Å². The number of hydrogen-bond donors (Lipinski definition) is 3. The highest BCUT2D eigenvalue weighted by Crippen LogP contribution is 2.22. The fourth-order valence-corrected chi connectivity index (χ4v) is 2.41. The van der Waals surface area contributed by atoms with Gasteiger partial charge in [0.1, 0.15) is 4.90 Å². The lowest BCUT2D eigenvalue weighted by molar-refractivity contribution is 0.597. The molecule has 102 valence electrons. The summed E-state index contributed by atoms with van der Waals surface area (Å²) in [5.41, 5.74) is 6.35. The molecule has 0 amide bonds. The number of nitrogens with two attached hydrogens (primary N) is 2. The van der Waals surface area contributed by atoms with Crippen LogP contribution in [-0.4, -0.2) is 24.7 Å². The van der Waals surface area contributed by atoms with E-state index in [9.17, 15) is 8.42 Å². The van der Waals surface area contributed by atoms with Gasteiger partial charge in [-0.25, -0.2) is 13.6 Å². The number of nitrogen functional groups attached to an aromatic ring is 1. The maximum atomic E-state index is 11.5. The van der Waals surface area contributed by atoms with Gasteiger partial charge in [-0.1, -0.05) is 0 Å². The van der Waals surface area contributed by atoms with Crippen molar-refractivity contribution in [3.63, 3.8) is 0 Å². The number of rotatable bonds is 5. The van der Waals surface area contributed by atoms with E-state index in [0.29, 0.717) is 24.5 Å². The summed E-state index contributed by atoms with van der Waals surface area (Å²) in [5.74, 6) is 0. The van der Waals surface area contributed by atoms with Crippen LogP contribution in [0.25, 0.3) is 0 Å². The van der Waals surface area contributed by atoms with Crippen LogP contribution < -0.4 is 16.2 Å². The van der Waals surface area contributed by atoms with Gasteiger partial charge in [0.15, 0.2) is 0 Å². The van der Waals surface area contributed by atoms with E-state index in [2.05, 4.69) is 10.4 Å². The molecule has 2 rings (SSSR count). The number of aromatic nitrogens is 2. The average Bonchev–Trinajstić information content (AvgIpc) is 2.83. The molecule has 2 aromatic rings. The van der Waals surface area contributed by atoms with Gasteiger partial charge in [0.2, 0.25) is 10.0 Å². The fraction of sp³-hybridized carbons (Fsp3) is 0.182. The third-order valence-electron chi connectivity index (χ3n) is 2.53. The first-order valence-electron chi connectivity index (χ1n) is 5.60. The lowest BCUT2D eigenvalue weighted by atomic mass is 10.3. The number of benzene rings is 1. The van der Waals surface area contributed by atoms with E-state index < -0.39 is 10.0 Å². The molecule has 0 radical (unpaired) electrons. The Bertz CT molecular complexity index is 652. The molecular weight excluding hydrogens is 266 g/mol. The number of sulfonamides is 1. The van der Waals surface area contributed by atoms with E-state index in [-0.39, 0.29) is 4.90 Å². The van der Waals surface area contributed by atoms with Crippen molar-refractivity contribution in [2.45, 2.75) is 11.4 Å². The number of primary sulfonamides is 1. The molecule has 0 aliphatic heterocycles. The molecule has 0 saturated carbocycles. The maximum absolute atomic E-state index is 11.5. The van der Waals surface area contributed by atoms with Crippen LogP contribution in [0.5, 0.6) is 0 Å². The van der Waals surface area contributed by atoms with Gasteiger partial charge in [-0.2, -0.15) is 5.10 Å². The van der Waals surface area contributed by atoms with Crippen LogP contribution >= 0.6 is 0 Å². The predicted molar refractivity (Wildman–Crippen MR) is 72.9 cm³/mol. The molecule has 0 atom stereocenters. The van der Waals surface area contributed by atoms with E-state index in [0.717, 1.165) is 0 Å². The molecule has 5 N–H and O–H groups in total. The summed E-state index contributed by atoms with van der Waals surface area (Å²) in [6.45, 7) is 1.13. The van der Waals surface area contributed by atoms with Crippen molar-refractivity contribution in [2.75, 3.05) is 17.6 Å². The molecule has 19 heavy (non-hydrogen) atoms. The Morgan fingerprint density at radius 3 is 2.79 bits per heavy atom. The van der Waals surface area contributed by atoms with Gasteiger partial charge in [0, 0.05) is 24.6 Å². The van der Waals surface area contributed by atoms with Crippen LogP contribution in [0.1, 0.15) is 0 Å². The minimum atomic E-state index is -3.81. The van der Waals surface area contributed by atoms with Crippen molar-refractivity contribution >= 4 is 21.4 Å². The van der Waals surface area contributed by atoms with Crippen LogP contribution in [0.3, 0.4) is 0 Å². The Labute approximate surface area is 111 Å². The highest BCUT2D eigenvalue weighted by atomic mass is 32.2. The Balaban J connectivity index is 2.12. The fourth-order valence-electron chi connectivity index (χ4n) is 1.66. The van der Waals surface area contributed by atoms with E-state index >= 15 is 0 Å². The van der Waals surface area contributed by atoms with Crippen molar-refractivity contribution in [2.24, 2.45) is 5.14 Å². The number of nitrogens with one attached hydrogen (secondary N) is 1. The monoisotopic (exact) mass is 281 g/mol. The Kier molecular flexibility index (Phi) is 3.72. The van der Waals surface area contributed by atoms with Gasteiger partial charge in [0.25, 0.3) is 0 Å². The van der Waals surface area contributed by atoms with Crippen LogP contribution in [0.2, 0.25) is 0 Å². The SMILES string of the molecule is Nc1ccc(NCCn2cccn2)c(S(N)(=O)=O)c1. The van der Waals surface area contributed by atoms with Crippen LogP contribution in [0.4, 0.5) is 11.4 Å². The van der Waals surface area contributed by atoms with Gasteiger partial charge in [-0.3, -0.25) is 4.68 Å². The highest BCUT2D eigenvalue weighted by Gasteiger charge is 2.14. The predicted octanol–water partition coefficient (Wildman–Crippen LogP) is 0.225. The van der Waals surface area contributed by atoms with Gasteiger partial charge in [0.05, 0.1) is 12.2 Å². The van der Waals surface area contributed by atoms with Crippen molar-refractivity contribution in [3.8, 4) is 0 Å². The first-order valence-corrected chi connectivity index (χ1v) is 7.15. The van der Waals surface area contributed by atoms with Crippen LogP contribution in [-0.2, 0) is 16.6 Å². The third-order valence-corrected chi connectivity index (χ3v) is 3.48.